The number of amides is 2. The van der Waals surface area contributed by atoms with Crippen LogP contribution in [0.25, 0.3) is 0 Å². The van der Waals surface area contributed by atoms with Crippen molar-refractivity contribution in [2.45, 2.75) is 39.0 Å². The average Bonchev–Trinajstić information content (AvgIpc) is 3.04. The molecule has 0 spiro atoms. The van der Waals surface area contributed by atoms with Crippen molar-refractivity contribution in [1.82, 2.24) is 4.90 Å². The van der Waals surface area contributed by atoms with Gasteiger partial charge in [-0.15, -0.1) is 0 Å². The molecule has 2 aromatic carbocycles. The van der Waals surface area contributed by atoms with Crippen LogP contribution in [-0.4, -0.2) is 49.9 Å². The molecule has 1 saturated heterocycles. The number of carbonyl (C=O) groups excluding carboxylic acids is 2. The molecule has 1 aliphatic heterocycles. The Labute approximate surface area is 185 Å². The summed E-state index contributed by atoms with van der Waals surface area (Å²) in [5.74, 6) is -0.259. The van der Waals surface area contributed by atoms with E-state index >= 15 is 0 Å². The van der Waals surface area contributed by atoms with Crippen LogP contribution in [0, 0.1) is 0 Å². The van der Waals surface area contributed by atoms with Crippen LogP contribution >= 0.6 is 0 Å². The Kier molecular flexibility index (Phi) is 8.47. The number of rotatable bonds is 8. The first-order valence-electron chi connectivity index (χ1n) is 11.3. The normalized spacial score (nSPS) is 14.2. The van der Waals surface area contributed by atoms with Gasteiger partial charge in [-0.2, -0.15) is 0 Å². The van der Waals surface area contributed by atoms with Crippen LogP contribution in [0.2, 0.25) is 0 Å². The molecule has 0 saturated carbocycles. The van der Waals surface area contributed by atoms with Crippen LogP contribution in [0.3, 0.4) is 0 Å². The Morgan fingerprint density at radius 3 is 2.13 bits per heavy atom. The lowest BCUT2D eigenvalue weighted by molar-refractivity contribution is -0.119. The van der Waals surface area contributed by atoms with Gasteiger partial charge in [0.25, 0.3) is 0 Å². The highest BCUT2D eigenvalue weighted by molar-refractivity contribution is 5.95. The van der Waals surface area contributed by atoms with Crippen molar-refractivity contribution < 1.29 is 9.59 Å². The molecule has 0 atom stereocenters. The Hall–Kier alpha value is -2.86. The average molecular weight is 423 g/mol. The van der Waals surface area contributed by atoms with E-state index in [9.17, 15) is 9.59 Å². The van der Waals surface area contributed by atoms with Crippen LogP contribution in [-0.2, 0) is 16.0 Å². The summed E-state index contributed by atoms with van der Waals surface area (Å²) in [4.78, 5) is 28.9. The molecule has 166 valence electrons. The third-order valence-electron chi connectivity index (χ3n) is 5.62. The molecule has 3 rings (SSSR count). The fourth-order valence-electron chi connectivity index (χ4n) is 3.97. The molecule has 6 nitrogen and oxygen atoms in total. The molecule has 2 N–H and O–H groups in total. The largest absolute Gasteiger partial charge is 0.372 e. The molecule has 1 aliphatic rings. The number of aryl methyl sites for hydroxylation is 1. The van der Waals surface area contributed by atoms with E-state index in [0.29, 0.717) is 0 Å². The SMILES string of the molecule is CCc1ccccc1NC(=O)CN(C)CC(=O)Nc1ccc(N2CCCCCC2)cc1. The second kappa shape index (κ2) is 11.5. The fourth-order valence-corrected chi connectivity index (χ4v) is 3.97. The van der Waals surface area contributed by atoms with E-state index in [4.69, 9.17) is 0 Å². The minimum atomic E-state index is -0.133. The molecule has 2 amide bonds. The summed E-state index contributed by atoms with van der Waals surface area (Å²) in [5.41, 5.74) is 3.91. The second-order valence-corrected chi connectivity index (χ2v) is 8.23. The van der Waals surface area contributed by atoms with Gasteiger partial charge in [0.2, 0.25) is 11.8 Å². The third-order valence-corrected chi connectivity index (χ3v) is 5.62. The highest BCUT2D eigenvalue weighted by Gasteiger charge is 2.13. The van der Waals surface area contributed by atoms with E-state index in [1.807, 2.05) is 36.4 Å². The summed E-state index contributed by atoms with van der Waals surface area (Å²) < 4.78 is 0. The summed E-state index contributed by atoms with van der Waals surface area (Å²) in [7, 11) is 1.77. The van der Waals surface area contributed by atoms with Gasteiger partial charge in [-0.05, 0) is 62.2 Å². The van der Waals surface area contributed by atoms with Gasteiger partial charge in [-0.1, -0.05) is 38.0 Å². The van der Waals surface area contributed by atoms with Crippen molar-refractivity contribution in [1.29, 1.82) is 0 Å². The molecule has 0 aliphatic carbocycles. The van der Waals surface area contributed by atoms with Crippen molar-refractivity contribution in [3.63, 3.8) is 0 Å². The summed E-state index contributed by atoms with van der Waals surface area (Å²) in [6.07, 6.45) is 5.94. The Bertz CT molecular complexity index is 858. The summed E-state index contributed by atoms with van der Waals surface area (Å²) in [6, 6.07) is 15.8. The number of nitrogens with zero attached hydrogens (tertiary/aromatic N) is 2. The summed E-state index contributed by atoms with van der Waals surface area (Å²) in [6.45, 7) is 4.56. The second-order valence-electron chi connectivity index (χ2n) is 8.23. The smallest absolute Gasteiger partial charge is 0.238 e. The zero-order chi connectivity index (χ0) is 22.1. The van der Waals surface area contributed by atoms with Crippen molar-refractivity contribution in [2.24, 2.45) is 0 Å². The Morgan fingerprint density at radius 2 is 1.48 bits per heavy atom. The van der Waals surface area contributed by atoms with Gasteiger partial charge in [0.15, 0.2) is 0 Å². The van der Waals surface area contributed by atoms with Gasteiger partial charge in [0, 0.05) is 30.2 Å². The lowest BCUT2D eigenvalue weighted by atomic mass is 10.1. The van der Waals surface area contributed by atoms with E-state index in [1.165, 1.54) is 31.4 Å². The molecule has 1 heterocycles. The van der Waals surface area contributed by atoms with Gasteiger partial charge in [0.05, 0.1) is 13.1 Å². The maximum absolute atomic E-state index is 12.4. The standard InChI is InChI=1S/C25H34N4O2/c1-3-20-10-6-7-11-23(20)27-25(31)19-28(2)18-24(30)26-21-12-14-22(15-13-21)29-16-8-4-5-9-17-29/h6-7,10-15H,3-5,8-9,16-19H2,1-2H3,(H,26,30)(H,27,31). The topological polar surface area (TPSA) is 64.7 Å². The highest BCUT2D eigenvalue weighted by atomic mass is 16.2. The molecule has 0 aromatic heterocycles. The lowest BCUT2D eigenvalue weighted by Gasteiger charge is -2.23. The van der Waals surface area contributed by atoms with Gasteiger partial charge in [0.1, 0.15) is 0 Å². The molecule has 1 fully saturated rings. The van der Waals surface area contributed by atoms with Gasteiger partial charge < -0.3 is 15.5 Å². The number of likely N-dealkylation sites (N-methyl/N-ethyl adjacent to an activating group) is 1. The van der Waals surface area contributed by atoms with E-state index < -0.39 is 0 Å². The number of nitrogens with one attached hydrogen (secondary N) is 2. The lowest BCUT2D eigenvalue weighted by Crippen LogP contribution is -2.36. The first kappa shape index (κ1) is 22.8. The quantitative estimate of drug-likeness (QED) is 0.671. The van der Waals surface area contributed by atoms with Crippen LogP contribution in [0.5, 0.6) is 0 Å². The van der Waals surface area contributed by atoms with Crippen LogP contribution in [0.15, 0.2) is 48.5 Å². The highest BCUT2D eigenvalue weighted by Crippen LogP contribution is 2.21. The minimum absolute atomic E-state index is 0.127. The van der Waals surface area contributed by atoms with Gasteiger partial charge in [-0.3, -0.25) is 14.5 Å². The molecule has 0 radical (unpaired) electrons. The van der Waals surface area contributed by atoms with Crippen molar-refractivity contribution in [2.75, 3.05) is 48.8 Å². The Balaban J connectivity index is 1.45. The minimum Gasteiger partial charge on any atom is -0.372 e. The number of benzene rings is 2. The zero-order valence-corrected chi connectivity index (χ0v) is 18.7. The summed E-state index contributed by atoms with van der Waals surface area (Å²) >= 11 is 0. The van der Waals surface area contributed by atoms with E-state index in [-0.39, 0.29) is 24.9 Å². The van der Waals surface area contributed by atoms with E-state index in [2.05, 4.69) is 34.6 Å². The monoisotopic (exact) mass is 422 g/mol. The van der Waals surface area contributed by atoms with Crippen LogP contribution < -0.4 is 15.5 Å². The molecule has 0 bridgehead atoms. The van der Waals surface area contributed by atoms with Crippen molar-refractivity contribution in [3.05, 3.63) is 54.1 Å². The van der Waals surface area contributed by atoms with Crippen molar-refractivity contribution in [3.8, 4) is 0 Å². The number of hydrogen-bond donors (Lipinski definition) is 2. The molecule has 31 heavy (non-hydrogen) atoms. The fraction of sp³-hybridized carbons (Fsp3) is 0.440. The molecule has 0 unspecified atom stereocenters. The molecular weight excluding hydrogens is 388 g/mol. The first-order valence-corrected chi connectivity index (χ1v) is 11.3. The number of hydrogen-bond acceptors (Lipinski definition) is 4. The third kappa shape index (κ3) is 7.10. The zero-order valence-electron chi connectivity index (χ0n) is 18.7. The first-order chi connectivity index (χ1) is 15.0. The van der Waals surface area contributed by atoms with E-state index in [1.54, 1.807) is 11.9 Å². The predicted molar refractivity (Wildman–Crippen MR) is 128 cm³/mol. The Morgan fingerprint density at radius 1 is 0.871 bits per heavy atom. The number of para-hydroxylation sites is 1. The predicted octanol–water partition coefficient (Wildman–Crippen LogP) is 4.14. The maximum Gasteiger partial charge on any atom is 0.238 e. The molecule has 6 heteroatoms. The van der Waals surface area contributed by atoms with Crippen LogP contribution in [0.1, 0.15) is 38.2 Å². The van der Waals surface area contributed by atoms with Gasteiger partial charge >= 0.3 is 0 Å². The maximum atomic E-state index is 12.4. The summed E-state index contributed by atoms with van der Waals surface area (Å²) in [5, 5.41) is 5.87. The van der Waals surface area contributed by atoms with Crippen molar-refractivity contribution >= 4 is 28.9 Å². The van der Waals surface area contributed by atoms with Gasteiger partial charge in [-0.25, -0.2) is 0 Å². The number of anilines is 3. The number of carbonyl (C=O) groups is 2. The molecular formula is C25H34N4O2. The molecule has 2 aromatic rings. The van der Waals surface area contributed by atoms with E-state index in [0.717, 1.165) is 36.4 Å². The van der Waals surface area contributed by atoms with Crippen LogP contribution in [0.4, 0.5) is 17.1 Å².